The third-order valence-electron chi connectivity index (χ3n) is 2.41. The van der Waals surface area contributed by atoms with E-state index in [-0.39, 0.29) is 6.10 Å². The standard InChI is InChI=1S/C10H12O4S/c11-15(12,13)10(6-9-7-14-9)8-4-2-1-3-5-8/h1-5,9-10H,6-7H2,(H,11,12,13)/t9?,10-/m1/s1. The lowest BCUT2D eigenvalue weighted by Gasteiger charge is -2.12. The number of benzene rings is 1. The largest absolute Gasteiger partial charge is 0.373 e. The Morgan fingerprint density at radius 1 is 1.40 bits per heavy atom. The first-order chi connectivity index (χ1) is 7.07. The zero-order valence-electron chi connectivity index (χ0n) is 8.04. The summed E-state index contributed by atoms with van der Waals surface area (Å²) in [5.74, 6) is 0. The van der Waals surface area contributed by atoms with Gasteiger partial charge in [-0.2, -0.15) is 8.42 Å². The summed E-state index contributed by atoms with van der Waals surface area (Å²) in [6, 6.07) is 8.70. The molecule has 2 rings (SSSR count). The molecule has 0 amide bonds. The van der Waals surface area contributed by atoms with E-state index in [1.807, 2.05) is 0 Å². The minimum absolute atomic E-state index is 0.0304. The van der Waals surface area contributed by atoms with Crippen molar-refractivity contribution in [3.05, 3.63) is 35.9 Å². The van der Waals surface area contributed by atoms with Crippen LogP contribution in [0.3, 0.4) is 0 Å². The Labute approximate surface area is 88.6 Å². The zero-order chi connectivity index (χ0) is 10.9. The monoisotopic (exact) mass is 228 g/mol. The summed E-state index contributed by atoms with van der Waals surface area (Å²) in [5, 5.41) is -0.869. The van der Waals surface area contributed by atoms with Crippen molar-refractivity contribution in [2.45, 2.75) is 17.8 Å². The van der Waals surface area contributed by atoms with Gasteiger partial charge in [0.15, 0.2) is 0 Å². The van der Waals surface area contributed by atoms with Crippen molar-refractivity contribution in [2.24, 2.45) is 0 Å². The van der Waals surface area contributed by atoms with Crippen molar-refractivity contribution in [3.63, 3.8) is 0 Å². The van der Waals surface area contributed by atoms with E-state index in [2.05, 4.69) is 0 Å². The second-order valence-corrected chi connectivity index (χ2v) is 5.20. The lowest BCUT2D eigenvalue weighted by molar-refractivity contribution is 0.385. The molecule has 0 aromatic heterocycles. The quantitative estimate of drug-likeness (QED) is 0.625. The summed E-state index contributed by atoms with van der Waals surface area (Å²) in [5.41, 5.74) is 0.607. The molecule has 1 N–H and O–H groups in total. The van der Waals surface area contributed by atoms with E-state index in [4.69, 9.17) is 9.29 Å². The van der Waals surface area contributed by atoms with Gasteiger partial charge in [-0.15, -0.1) is 0 Å². The van der Waals surface area contributed by atoms with Crippen LogP contribution in [0.25, 0.3) is 0 Å². The molecule has 4 nitrogen and oxygen atoms in total. The fourth-order valence-corrected chi connectivity index (χ4v) is 2.50. The zero-order valence-corrected chi connectivity index (χ0v) is 8.85. The molecular formula is C10H12O4S. The minimum atomic E-state index is -4.05. The molecule has 0 radical (unpaired) electrons. The molecule has 1 heterocycles. The summed E-state index contributed by atoms with van der Waals surface area (Å²) in [7, 11) is -4.05. The minimum Gasteiger partial charge on any atom is -0.373 e. The molecule has 1 fully saturated rings. The molecule has 15 heavy (non-hydrogen) atoms. The van der Waals surface area contributed by atoms with Crippen molar-refractivity contribution in [1.82, 2.24) is 0 Å². The van der Waals surface area contributed by atoms with Crippen LogP contribution in [0, 0.1) is 0 Å². The predicted molar refractivity (Wildman–Crippen MR) is 55.1 cm³/mol. The molecule has 5 heteroatoms. The lowest BCUT2D eigenvalue weighted by Crippen LogP contribution is -2.14. The van der Waals surface area contributed by atoms with Crippen molar-refractivity contribution in [2.75, 3.05) is 6.61 Å². The molecule has 0 aliphatic carbocycles. The Balaban J connectivity index is 2.25. The van der Waals surface area contributed by atoms with Crippen molar-refractivity contribution < 1.29 is 17.7 Å². The van der Waals surface area contributed by atoms with Gasteiger partial charge in [0, 0.05) is 0 Å². The topological polar surface area (TPSA) is 66.9 Å². The van der Waals surface area contributed by atoms with Crippen LogP contribution >= 0.6 is 0 Å². The first-order valence-electron chi connectivity index (χ1n) is 4.70. The maximum atomic E-state index is 11.2. The molecule has 2 atom stereocenters. The van der Waals surface area contributed by atoms with E-state index in [1.165, 1.54) is 0 Å². The number of hydrogen-bond donors (Lipinski definition) is 1. The van der Waals surface area contributed by atoms with Gasteiger partial charge < -0.3 is 4.74 Å². The molecule has 0 spiro atoms. The summed E-state index contributed by atoms with van der Waals surface area (Å²) in [6.07, 6.45) is 0.292. The number of ether oxygens (including phenoxy) is 1. The maximum absolute atomic E-state index is 11.2. The van der Waals surface area contributed by atoms with Crippen molar-refractivity contribution >= 4 is 10.1 Å². The van der Waals surface area contributed by atoms with E-state index in [9.17, 15) is 8.42 Å². The van der Waals surface area contributed by atoms with Crippen LogP contribution in [-0.4, -0.2) is 25.7 Å². The van der Waals surface area contributed by atoms with E-state index < -0.39 is 15.4 Å². The summed E-state index contributed by atoms with van der Waals surface area (Å²) in [4.78, 5) is 0. The lowest BCUT2D eigenvalue weighted by atomic mass is 10.1. The highest BCUT2D eigenvalue weighted by molar-refractivity contribution is 7.86. The van der Waals surface area contributed by atoms with E-state index >= 15 is 0 Å². The van der Waals surface area contributed by atoms with Crippen LogP contribution in [0.1, 0.15) is 17.2 Å². The Hall–Kier alpha value is -0.910. The number of rotatable bonds is 4. The van der Waals surface area contributed by atoms with Gasteiger partial charge in [0.2, 0.25) is 0 Å². The predicted octanol–water partition coefficient (Wildman–Crippen LogP) is 1.40. The van der Waals surface area contributed by atoms with Crippen LogP contribution in [0.15, 0.2) is 30.3 Å². The summed E-state index contributed by atoms with van der Waals surface area (Å²) >= 11 is 0. The van der Waals surface area contributed by atoms with E-state index in [0.717, 1.165) is 0 Å². The second kappa shape index (κ2) is 3.92. The molecule has 1 saturated heterocycles. The highest BCUT2D eigenvalue weighted by atomic mass is 32.2. The van der Waals surface area contributed by atoms with Gasteiger partial charge in [-0.25, -0.2) is 0 Å². The molecule has 82 valence electrons. The highest BCUT2D eigenvalue weighted by Gasteiger charge is 2.33. The van der Waals surface area contributed by atoms with Crippen LogP contribution in [0.4, 0.5) is 0 Å². The molecule has 1 aromatic rings. The van der Waals surface area contributed by atoms with Gasteiger partial charge in [-0.1, -0.05) is 30.3 Å². The Bertz CT molecular complexity index is 422. The second-order valence-electron chi connectivity index (χ2n) is 3.61. The average molecular weight is 228 g/mol. The third-order valence-corrected chi connectivity index (χ3v) is 3.59. The fraction of sp³-hybridized carbons (Fsp3) is 0.400. The molecule has 1 unspecified atom stereocenters. The van der Waals surface area contributed by atoms with Crippen LogP contribution in [-0.2, 0) is 14.9 Å². The molecule has 1 aromatic carbocycles. The number of epoxide rings is 1. The smallest absolute Gasteiger partial charge is 0.272 e. The average Bonchev–Trinajstić information content (AvgIpc) is 2.97. The van der Waals surface area contributed by atoms with Crippen LogP contribution in [0.5, 0.6) is 0 Å². The number of hydrogen-bond acceptors (Lipinski definition) is 3. The molecule has 1 aliphatic rings. The van der Waals surface area contributed by atoms with Crippen molar-refractivity contribution in [3.8, 4) is 0 Å². The Morgan fingerprint density at radius 2 is 2.00 bits per heavy atom. The van der Waals surface area contributed by atoms with Crippen LogP contribution in [0.2, 0.25) is 0 Å². The van der Waals surface area contributed by atoms with Crippen LogP contribution < -0.4 is 0 Å². The highest BCUT2D eigenvalue weighted by Crippen LogP contribution is 2.31. The fourth-order valence-electron chi connectivity index (χ4n) is 1.54. The van der Waals surface area contributed by atoms with Gasteiger partial charge in [0.1, 0.15) is 5.25 Å². The first-order valence-corrected chi connectivity index (χ1v) is 6.20. The molecule has 0 bridgehead atoms. The maximum Gasteiger partial charge on any atom is 0.272 e. The van der Waals surface area contributed by atoms with Gasteiger partial charge in [-0.05, 0) is 12.0 Å². The Kier molecular flexibility index (Phi) is 2.77. The summed E-state index contributed by atoms with van der Waals surface area (Å²) < 4.78 is 36.5. The van der Waals surface area contributed by atoms with Crippen molar-refractivity contribution in [1.29, 1.82) is 0 Å². The van der Waals surface area contributed by atoms with Gasteiger partial charge in [0.25, 0.3) is 10.1 Å². The van der Waals surface area contributed by atoms with Gasteiger partial charge in [0.05, 0.1) is 12.7 Å². The first kappa shape index (κ1) is 10.6. The molecular weight excluding hydrogens is 216 g/mol. The molecule has 1 aliphatic heterocycles. The van der Waals surface area contributed by atoms with Gasteiger partial charge >= 0.3 is 0 Å². The van der Waals surface area contributed by atoms with E-state index in [0.29, 0.717) is 18.6 Å². The normalized spacial score (nSPS) is 22.3. The SMILES string of the molecule is O=S(=O)(O)[C@H](CC1CO1)c1ccccc1. The third kappa shape index (κ3) is 2.77. The van der Waals surface area contributed by atoms with E-state index in [1.54, 1.807) is 30.3 Å². The molecule has 0 saturated carbocycles. The Morgan fingerprint density at radius 3 is 2.47 bits per heavy atom. The van der Waals surface area contributed by atoms with Gasteiger partial charge in [-0.3, -0.25) is 4.55 Å². The summed E-state index contributed by atoms with van der Waals surface area (Å²) in [6.45, 7) is 0.582.